The summed E-state index contributed by atoms with van der Waals surface area (Å²) in [5.74, 6) is -5.28. The topological polar surface area (TPSA) is 177 Å². The molecule has 0 unspecified atom stereocenters. The summed E-state index contributed by atoms with van der Waals surface area (Å²) in [5, 5.41) is 11.1. The van der Waals surface area contributed by atoms with Crippen molar-refractivity contribution < 1.29 is 46.7 Å². The second-order valence-corrected chi connectivity index (χ2v) is 17.6. The van der Waals surface area contributed by atoms with Gasteiger partial charge in [0.15, 0.2) is 0 Å². The number of hydrogen-bond acceptors (Lipinski definition) is 7. The summed E-state index contributed by atoms with van der Waals surface area (Å²) in [4.78, 5) is 101. The molecule has 7 amide bonds. The van der Waals surface area contributed by atoms with Gasteiger partial charge in [-0.2, -0.15) is 13.2 Å². The highest BCUT2D eigenvalue weighted by Gasteiger charge is 2.61. The summed E-state index contributed by atoms with van der Waals surface area (Å²) in [6.45, 7) is 8.57. The smallest absolute Gasteiger partial charge is 0.344 e. The number of carbonyl (C=O) groups is 7. The normalized spacial score (nSPS) is 23.2. The standard InChI is InChI=1S/C42H62Cl2F3N7O7/c1-9-29(51-40(61)41(42(45,46)47)18-12-13-19-41)34(55)48-25(5)37(58)53(7)32-15-11-14-20-52(6)38(59)30(10-2)49-36(57)33(23-26-22-27(43)16-17-28(26)44)54(8)39(60)31(21-24(3)4)50-35(32)56/h16-17,22,24-25,29-33H,9-15,18-21,23H2,1-8H3,(H,48,55)(H,49,57)(H,50,56)(H,51,61)/t25-,29-,30+,31-,32-,33-/m0/s1. The van der Waals surface area contributed by atoms with Crippen LogP contribution in [0.25, 0.3) is 0 Å². The summed E-state index contributed by atoms with van der Waals surface area (Å²) < 4.78 is 42.2. The molecule has 2 aliphatic rings. The van der Waals surface area contributed by atoms with Crippen molar-refractivity contribution in [3.05, 3.63) is 33.8 Å². The molecule has 0 bridgehead atoms. The number of nitrogens with zero attached hydrogens (tertiary/aromatic N) is 3. The molecule has 0 spiro atoms. The molecule has 1 aromatic carbocycles. The van der Waals surface area contributed by atoms with Crippen LogP contribution in [0.2, 0.25) is 10.0 Å². The predicted molar refractivity (Wildman–Crippen MR) is 225 cm³/mol. The number of carbonyl (C=O) groups excluding carboxylic acids is 7. The lowest BCUT2D eigenvalue weighted by Gasteiger charge is -2.35. The first-order chi connectivity index (χ1) is 28.5. The van der Waals surface area contributed by atoms with Crippen LogP contribution < -0.4 is 21.3 Å². The number of hydrogen-bond donors (Lipinski definition) is 4. The van der Waals surface area contributed by atoms with Gasteiger partial charge in [0, 0.05) is 44.2 Å². The number of likely N-dealkylation sites (N-methyl/N-ethyl adjacent to an activating group) is 3. The zero-order valence-electron chi connectivity index (χ0n) is 36.3. The summed E-state index contributed by atoms with van der Waals surface area (Å²) in [7, 11) is 4.37. The van der Waals surface area contributed by atoms with Crippen molar-refractivity contribution in [2.24, 2.45) is 11.3 Å². The van der Waals surface area contributed by atoms with E-state index in [9.17, 15) is 46.7 Å². The van der Waals surface area contributed by atoms with E-state index in [0.717, 1.165) is 4.90 Å². The molecule has 1 aromatic rings. The van der Waals surface area contributed by atoms with Crippen molar-refractivity contribution >= 4 is 64.6 Å². The Morgan fingerprint density at radius 2 is 1.54 bits per heavy atom. The largest absolute Gasteiger partial charge is 0.403 e. The van der Waals surface area contributed by atoms with Crippen LogP contribution >= 0.6 is 23.2 Å². The van der Waals surface area contributed by atoms with Crippen LogP contribution in [0.15, 0.2) is 18.2 Å². The molecule has 1 aliphatic carbocycles. The van der Waals surface area contributed by atoms with Gasteiger partial charge in [-0.15, -0.1) is 0 Å². The Morgan fingerprint density at radius 3 is 2.11 bits per heavy atom. The quantitative estimate of drug-likeness (QED) is 0.233. The van der Waals surface area contributed by atoms with Gasteiger partial charge in [0.25, 0.3) is 0 Å². The minimum absolute atomic E-state index is 0.0579. The maximum atomic E-state index is 14.4. The predicted octanol–water partition coefficient (Wildman–Crippen LogP) is 4.78. The SMILES string of the molecule is CC[C@H](NC(=O)C1(C(F)(F)F)CCCC1)C(=O)N[C@@H](C)C(=O)N(C)[C@H]1CCCCN(C)C(=O)[C@@H](CC)NC(=O)[C@H](Cc2cc(Cl)ccc2Cl)N(C)C(=O)[C@H](CC(C)C)NC1=O. The Kier molecular flexibility index (Phi) is 18.7. The lowest BCUT2D eigenvalue weighted by Crippen LogP contribution is -2.60. The average Bonchev–Trinajstić information content (AvgIpc) is 3.72. The summed E-state index contributed by atoms with van der Waals surface area (Å²) in [6, 6.07) is -2.39. The van der Waals surface area contributed by atoms with Crippen LogP contribution in [-0.2, 0) is 40.0 Å². The van der Waals surface area contributed by atoms with Crippen molar-refractivity contribution in [1.29, 1.82) is 0 Å². The number of halogens is 5. The molecule has 61 heavy (non-hydrogen) atoms. The van der Waals surface area contributed by atoms with E-state index in [1.54, 1.807) is 32.2 Å². The molecule has 1 saturated heterocycles. The third-order valence-corrected chi connectivity index (χ3v) is 12.4. The van der Waals surface area contributed by atoms with Gasteiger partial charge in [-0.3, -0.25) is 33.6 Å². The van der Waals surface area contributed by atoms with Gasteiger partial charge >= 0.3 is 6.18 Å². The first-order valence-corrected chi connectivity index (χ1v) is 21.8. The van der Waals surface area contributed by atoms with E-state index in [-0.39, 0.29) is 76.2 Å². The van der Waals surface area contributed by atoms with E-state index in [0.29, 0.717) is 28.5 Å². The van der Waals surface area contributed by atoms with Gasteiger partial charge in [-0.1, -0.05) is 63.7 Å². The molecule has 1 heterocycles. The molecule has 14 nitrogen and oxygen atoms in total. The molecule has 4 N–H and O–H groups in total. The number of benzene rings is 1. The van der Waals surface area contributed by atoms with Gasteiger partial charge < -0.3 is 36.0 Å². The summed E-state index contributed by atoms with van der Waals surface area (Å²) in [5.41, 5.74) is -2.13. The molecule has 0 radical (unpaired) electrons. The molecule has 0 aromatic heterocycles. The number of amides is 7. The zero-order valence-corrected chi connectivity index (χ0v) is 37.9. The third kappa shape index (κ3) is 13.0. The molecule has 3 rings (SSSR count). The van der Waals surface area contributed by atoms with E-state index >= 15 is 0 Å². The number of alkyl halides is 3. The molecule has 342 valence electrons. The minimum atomic E-state index is -4.81. The van der Waals surface area contributed by atoms with E-state index in [4.69, 9.17) is 23.2 Å². The monoisotopic (exact) mass is 903 g/mol. The fourth-order valence-corrected chi connectivity index (χ4v) is 8.33. The Labute approximate surface area is 366 Å². The molecule has 1 aliphatic heterocycles. The fourth-order valence-electron chi connectivity index (χ4n) is 7.95. The van der Waals surface area contributed by atoms with Gasteiger partial charge in [-0.05, 0) is 88.0 Å². The van der Waals surface area contributed by atoms with Crippen LogP contribution in [0.1, 0.15) is 104 Å². The molecule has 2 fully saturated rings. The number of rotatable bonds is 12. The fraction of sp³-hybridized carbons (Fsp3) is 0.690. The highest BCUT2D eigenvalue weighted by atomic mass is 35.5. The first kappa shape index (κ1) is 51.2. The van der Waals surface area contributed by atoms with Gasteiger partial charge in [0.2, 0.25) is 41.4 Å². The summed E-state index contributed by atoms with van der Waals surface area (Å²) in [6.07, 6.45) is -4.04. The maximum Gasteiger partial charge on any atom is 0.403 e. The van der Waals surface area contributed by atoms with E-state index < -0.39 is 83.3 Å². The first-order valence-electron chi connectivity index (χ1n) is 21.0. The lowest BCUT2D eigenvalue weighted by molar-refractivity contribution is -0.220. The molecule has 1 saturated carbocycles. The van der Waals surface area contributed by atoms with Crippen LogP contribution in [0.4, 0.5) is 13.2 Å². The Balaban J connectivity index is 1.94. The third-order valence-electron chi connectivity index (χ3n) is 11.8. The second kappa shape index (κ2) is 22.3. The van der Waals surface area contributed by atoms with Gasteiger partial charge in [-0.25, -0.2) is 0 Å². The van der Waals surface area contributed by atoms with E-state index in [1.165, 1.54) is 37.7 Å². The van der Waals surface area contributed by atoms with E-state index in [2.05, 4.69) is 21.3 Å². The molecule has 19 heteroatoms. The zero-order chi connectivity index (χ0) is 46.0. The summed E-state index contributed by atoms with van der Waals surface area (Å²) >= 11 is 12.8. The van der Waals surface area contributed by atoms with Crippen LogP contribution in [0.5, 0.6) is 0 Å². The lowest BCUT2D eigenvalue weighted by atomic mass is 9.84. The highest BCUT2D eigenvalue weighted by molar-refractivity contribution is 6.33. The van der Waals surface area contributed by atoms with Crippen molar-refractivity contribution in [1.82, 2.24) is 36.0 Å². The molecular weight excluding hydrogens is 842 g/mol. The van der Waals surface area contributed by atoms with Crippen molar-refractivity contribution in [2.75, 3.05) is 27.7 Å². The van der Waals surface area contributed by atoms with Crippen molar-refractivity contribution in [3.63, 3.8) is 0 Å². The molecular formula is C42H62Cl2F3N7O7. The van der Waals surface area contributed by atoms with Crippen molar-refractivity contribution in [3.8, 4) is 0 Å². The van der Waals surface area contributed by atoms with Gasteiger partial charge in [0.1, 0.15) is 41.7 Å². The number of nitrogens with one attached hydrogen (secondary N) is 4. The maximum absolute atomic E-state index is 14.4. The average molecular weight is 905 g/mol. The van der Waals surface area contributed by atoms with Gasteiger partial charge in [0.05, 0.1) is 0 Å². The highest BCUT2D eigenvalue weighted by Crippen LogP contribution is 2.50. The minimum Gasteiger partial charge on any atom is -0.344 e. The van der Waals surface area contributed by atoms with Crippen LogP contribution in [-0.4, -0.2) is 126 Å². The Bertz CT molecular complexity index is 1760. The second-order valence-electron chi connectivity index (χ2n) is 16.7. The Hall–Kier alpha value is -4.12. The molecule has 6 atom stereocenters. The Morgan fingerprint density at radius 1 is 0.918 bits per heavy atom. The van der Waals surface area contributed by atoms with Crippen LogP contribution in [0, 0.1) is 11.3 Å². The van der Waals surface area contributed by atoms with Crippen molar-refractivity contribution in [2.45, 2.75) is 148 Å². The van der Waals surface area contributed by atoms with Crippen LogP contribution in [0.3, 0.4) is 0 Å². The van der Waals surface area contributed by atoms with E-state index in [1.807, 2.05) is 13.8 Å².